The van der Waals surface area contributed by atoms with Gasteiger partial charge in [-0.1, -0.05) is 32.8 Å². The second-order valence-corrected chi connectivity index (χ2v) is 7.84. The van der Waals surface area contributed by atoms with Crippen LogP contribution in [0.25, 0.3) is 0 Å². The zero-order chi connectivity index (χ0) is 19.8. The van der Waals surface area contributed by atoms with Crippen molar-refractivity contribution in [2.45, 2.75) is 52.6 Å². The van der Waals surface area contributed by atoms with Crippen molar-refractivity contribution in [3.8, 4) is 0 Å². The third-order valence-corrected chi connectivity index (χ3v) is 5.50. The SMILES string of the molecule is CCCCOP(=O)(OCCCC)c1ccc(C)cc1NC(=O)C(F)(F)F. The third-order valence-electron chi connectivity index (χ3n) is 3.47. The van der Waals surface area contributed by atoms with E-state index in [0.29, 0.717) is 18.4 Å². The van der Waals surface area contributed by atoms with E-state index in [2.05, 4.69) is 0 Å². The van der Waals surface area contributed by atoms with E-state index in [9.17, 15) is 22.5 Å². The predicted octanol–water partition coefficient (Wildman–Crippen LogP) is 4.95. The highest BCUT2D eigenvalue weighted by Crippen LogP contribution is 2.49. The van der Waals surface area contributed by atoms with Gasteiger partial charge in [-0.2, -0.15) is 13.2 Å². The Hall–Kier alpha value is -1.37. The molecule has 0 aromatic heterocycles. The number of unbranched alkanes of at least 4 members (excludes halogenated alkanes) is 2. The number of nitrogens with one attached hydrogen (secondary N) is 1. The number of anilines is 1. The van der Waals surface area contributed by atoms with E-state index < -0.39 is 19.7 Å². The Balaban J connectivity index is 3.22. The lowest BCUT2D eigenvalue weighted by Crippen LogP contribution is -2.32. The number of alkyl halides is 3. The van der Waals surface area contributed by atoms with E-state index in [1.54, 1.807) is 18.3 Å². The predicted molar refractivity (Wildman–Crippen MR) is 94.8 cm³/mol. The molecule has 0 aliphatic carbocycles. The first-order valence-electron chi connectivity index (χ1n) is 8.52. The van der Waals surface area contributed by atoms with Crippen molar-refractivity contribution >= 4 is 24.5 Å². The van der Waals surface area contributed by atoms with Crippen molar-refractivity contribution in [3.05, 3.63) is 23.8 Å². The third kappa shape index (κ3) is 6.74. The van der Waals surface area contributed by atoms with E-state index in [1.165, 1.54) is 12.1 Å². The molecule has 5 nitrogen and oxygen atoms in total. The fourth-order valence-corrected chi connectivity index (χ4v) is 3.78. The quantitative estimate of drug-likeness (QED) is 0.450. The number of carbonyl (C=O) groups is 1. The number of benzene rings is 1. The topological polar surface area (TPSA) is 64.6 Å². The Labute approximate surface area is 151 Å². The molecular formula is C17H25F3NO4P. The molecule has 0 unspecified atom stereocenters. The van der Waals surface area contributed by atoms with E-state index >= 15 is 0 Å². The average Bonchev–Trinajstić information content (AvgIpc) is 2.54. The molecule has 1 aromatic rings. The first-order chi connectivity index (χ1) is 12.1. The summed E-state index contributed by atoms with van der Waals surface area (Å²) in [5.41, 5.74) is 0.378. The highest BCUT2D eigenvalue weighted by atomic mass is 31.2. The Kier molecular flexibility index (Phi) is 8.80. The van der Waals surface area contributed by atoms with Gasteiger partial charge in [-0.3, -0.25) is 9.36 Å². The summed E-state index contributed by atoms with van der Waals surface area (Å²) >= 11 is 0. The van der Waals surface area contributed by atoms with Gasteiger partial charge in [0.1, 0.15) is 0 Å². The highest BCUT2D eigenvalue weighted by molar-refractivity contribution is 7.62. The molecule has 0 saturated carbocycles. The van der Waals surface area contributed by atoms with Crippen LogP contribution in [0.1, 0.15) is 45.1 Å². The minimum absolute atomic E-state index is 0.0760. The number of aryl methyl sites for hydroxylation is 1. The summed E-state index contributed by atoms with van der Waals surface area (Å²) < 4.78 is 62.0. The molecule has 0 radical (unpaired) electrons. The van der Waals surface area contributed by atoms with E-state index in [1.807, 2.05) is 13.8 Å². The lowest BCUT2D eigenvalue weighted by Gasteiger charge is -2.22. The van der Waals surface area contributed by atoms with Gasteiger partial charge in [0, 0.05) is 0 Å². The minimum atomic E-state index is -5.06. The largest absolute Gasteiger partial charge is 0.471 e. The van der Waals surface area contributed by atoms with Gasteiger partial charge in [0.05, 0.1) is 24.2 Å². The van der Waals surface area contributed by atoms with E-state index in [0.717, 1.165) is 12.8 Å². The summed E-state index contributed by atoms with van der Waals surface area (Å²) in [5, 5.41) is 1.71. The Morgan fingerprint density at radius 3 is 2.12 bits per heavy atom. The number of carbonyl (C=O) groups excluding carboxylic acids is 1. The number of hydrogen-bond donors (Lipinski definition) is 1. The van der Waals surface area contributed by atoms with Gasteiger partial charge in [0.25, 0.3) is 0 Å². The fourth-order valence-electron chi connectivity index (χ4n) is 2.02. The van der Waals surface area contributed by atoms with Crippen LogP contribution in [0.3, 0.4) is 0 Å². The maximum absolute atomic E-state index is 13.3. The van der Waals surface area contributed by atoms with Gasteiger partial charge < -0.3 is 14.4 Å². The Bertz CT molecular complexity index is 635. The molecule has 148 valence electrons. The van der Waals surface area contributed by atoms with Crippen LogP contribution in [0.15, 0.2) is 18.2 Å². The van der Waals surface area contributed by atoms with Crippen LogP contribution in [0.2, 0.25) is 0 Å². The van der Waals surface area contributed by atoms with Crippen molar-refractivity contribution in [1.82, 2.24) is 0 Å². The second-order valence-electron chi connectivity index (χ2n) is 5.84. The van der Waals surface area contributed by atoms with Crippen LogP contribution in [0.4, 0.5) is 18.9 Å². The average molecular weight is 395 g/mol. The lowest BCUT2D eigenvalue weighted by molar-refractivity contribution is -0.167. The Morgan fingerprint density at radius 2 is 1.65 bits per heavy atom. The van der Waals surface area contributed by atoms with Gasteiger partial charge in [0.15, 0.2) is 0 Å². The zero-order valence-corrected chi connectivity index (χ0v) is 16.1. The van der Waals surface area contributed by atoms with Crippen LogP contribution in [0, 0.1) is 6.92 Å². The minimum Gasteiger partial charge on any atom is -0.317 e. The van der Waals surface area contributed by atoms with Crippen molar-refractivity contribution in [3.63, 3.8) is 0 Å². The molecule has 0 aliphatic rings. The molecule has 0 atom stereocenters. The molecule has 0 fully saturated rings. The van der Waals surface area contributed by atoms with Crippen LogP contribution in [-0.2, 0) is 18.4 Å². The summed E-state index contributed by atoms with van der Waals surface area (Å²) in [5.74, 6) is -2.14. The van der Waals surface area contributed by atoms with Crippen LogP contribution in [0.5, 0.6) is 0 Å². The van der Waals surface area contributed by atoms with Gasteiger partial charge >= 0.3 is 19.7 Å². The molecule has 1 amide bonds. The van der Waals surface area contributed by atoms with Gasteiger partial charge in [-0.05, 0) is 37.5 Å². The summed E-state index contributed by atoms with van der Waals surface area (Å²) in [6.45, 7) is 5.77. The Morgan fingerprint density at radius 1 is 1.12 bits per heavy atom. The van der Waals surface area contributed by atoms with Gasteiger partial charge in [-0.25, -0.2) is 0 Å². The summed E-state index contributed by atoms with van der Waals surface area (Å²) in [7, 11) is -3.88. The maximum atomic E-state index is 13.3. The van der Waals surface area contributed by atoms with Crippen LogP contribution < -0.4 is 10.6 Å². The molecular weight excluding hydrogens is 370 g/mol. The fraction of sp³-hybridized carbons (Fsp3) is 0.588. The van der Waals surface area contributed by atoms with E-state index in [-0.39, 0.29) is 24.2 Å². The second kappa shape index (κ2) is 10.1. The van der Waals surface area contributed by atoms with Crippen molar-refractivity contribution in [1.29, 1.82) is 0 Å². The number of rotatable bonds is 10. The molecule has 0 bridgehead atoms. The molecule has 0 aliphatic heterocycles. The van der Waals surface area contributed by atoms with Crippen LogP contribution >= 0.6 is 7.60 Å². The molecule has 0 spiro atoms. The van der Waals surface area contributed by atoms with Gasteiger partial charge in [-0.15, -0.1) is 0 Å². The molecule has 9 heteroatoms. The first-order valence-corrected chi connectivity index (χ1v) is 10.1. The zero-order valence-electron chi connectivity index (χ0n) is 15.2. The van der Waals surface area contributed by atoms with Crippen molar-refractivity contribution in [2.24, 2.45) is 0 Å². The lowest BCUT2D eigenvalue weighted by atomic mass is 10.2. The standard InChI is InChI=1S/C17H25F3NO4P/c1-4-6-10-24-26(23,25-11-7-5-2)15-9-8-13(3)12-14(15)21-16(22)17(18,19)20/h8-9,12H,4-7,10-11H2,1-3H3,(H,21,22). The highest BCUT2D eigenvalue weighted by Gasteiger charge is 2.40. The number of halogens is 3. The molecule has 0 saturated heterocycles. The molecule has 26 heavy (non-hydrogen) atoms. The number of amides is 1. The van der Waals surface area contributed by atoms with Crippen molar-refractivity contribution in [2.75, 3.05) is 18.5 Å². The van der Waals surface area contributed by atoms with Gasteiger partial charge in [0.2, 0.25) is 0 Å². The first kappa shape index (κ1) is 22.7. The summed E-state index contributed by atoms with van der Waals surface area (Å²) in [6, 6.07) is 4.27. The van der Waals surface area contributed by atoms with Crippen LogP contribution in [-0.4, -0.2) is 25.3 Å². The summed E-state index contributed by atoms with van der Waals surface area (Å²) in [6.07, 6.45) is -2.23. The van der Waals surface area contributed by atoms with Crippen molar-refractivity contribution < 1.29 is 31.6 Å². The molecule has 1 rings (SSSR count). The van der Waals surface area contributed by atoms with E-state index in [4.69, 9.17) is 9.05 Å². The molecule has 0 heterocycles. The monoisotopic (exact) mass is 395 g/mol. The number of hydrogen-bond acceptors (Lipinski definition) is 4. The maximum Gasteiger partial charge on any atom is 0.471 e. The summed E-state index contributed by atoms with van der Waals surface area (Å²) in [4.78, 5) is 11.3. The normalized spacial score (nSPS) is 12.2. The molecule has 1 N–H and O–H groups in total. The smallest absolute Gasteiger partial charge is 0.317 e. The molecule has 1 aromatic carbocycles.